The van der Waals surface area contributed by atoms with Gasteiger partial charge in [0, 0.05) is 31.6 Å². The summed E-state index contributed by atoms with van der Waals surface area (Å²) in [6.07, 6.45) is 12.8. The number of amides is 2. The number of furan rings is 1. The molecule has 6 nitrogen and oxygen atoms in total. The number of fused-ring (bicyclic) bond motifs is 3. The quantitative estimate of drug-likeness (QED) is 0.504. The van der Waals surface area contributed by atoms with Crippen molar-refractivity contribution in [2.75, 3.05) is 13.1 Å². The van der Waals surface area contributed by atoms with E-state index < -0.39 is 11.7 Å². The summed E-state index contributed by atoms with van der Waals surface area (Å²) in [7, 11) is 0. The van der Waals surface area contributed by atoms with E-state index in [9.17, 15) is 14.0 Å². The van der Waals surface area contributed by atoms with Crippen LogP contribution in [0.5, 0.6) is 0 Å². The lowest BCUT2D eigenvalue weighted by Crippen LogP contribution is -2.64. The molecule has 0 bridgehead atoms. The molecule has 3 heterocycles. The van der Waals surface area contributed by atoms with Gasteiger partial charge in [0.25, 0.3) is 5.91 Å². The largest absolute Gasteiger partial charge is 0.463 e. The van der Waals surface area contributed by atoms with Gasteiger partial charge in [-0.15, -0.1) is 0 Å². The van der Waals surface area contributed by atoms with Gasteiger partial charge in [0.05, 0.1) is 18.3 Å². The summed E-state index contributed by atoms with van der Waals surface area (Å²) < 4.78 is 21.9. The van der Waals surface area contributed by atoms with Gasteiger partial charge in [0.2, 0.25) is 5.91 Å². The zero-order chi connectivity index (χ0) is 23.4. The predicted molar refractivity (Wildman–Crippen MR) is 127 cm³/mol. The predicted octanol–water partition coefficient (Wildman–Crippen LogP) is 5.15. The summed E-state index contributed by atoms with van der Waals surface area (Å²) in [5, 5.41) is 3.05. The Labute approximate surface area is 194 Å². The van der Waals surface area contributed by atoms with E-state index in [1.54, 1.807) is 31.4 Å². The standard InChI is InChI=1S/C26H34FN3O3/c1-3-4-5-6-7-10-14-28-25(32)26(2)18-29-21-13-15-33-23(21)16-22(29)24(31)30(26)17-19-11-8-9-12-20(19)27/h8-9,11,13,15-16,20H,3-7,10,12,14,17-18H2,1-2H3,(H,28,32). The van der Waals surface area contributed by atoms with Gasteiger partial charge in [-0.3, -0.25) is 9.59 Å². The van der Waals surface area contributed by atoms with Gasteiger partial charge in [-0.25, -0.2) is 4.39 Å². The molecule has 7 heteroatoms. The highest BCUT2D eigenvalue weighted by Crippen LogP contribution is 2.34. The topological polar surface area (TPSA) is 67.5 Å². The molecule has 2 amide bonds. The lowest BCUT2D eigenvalue weighted by molar-refractivity contribution is -0.132. The molecule has 2 aromatic rings. The van der Waals surface area contributed by atoms with Gasteiger partial charge in [-0.05, 0) is 18.9 Å². The summed E-state index contributed by atoms with van der Waals surface area (Å²) in [6, 6.07) is 3.52. The molecule has 0 fully saturated rings. The van der Waals surface area contributed by atoms with Crippen molar-refractivity contribution in [2.24, 2.45) is 0 Å². The number of halogens is 1. The molecule has 2 unspecified atom stereocenters. The molecular weight excluding hydrogens is 421 g/mol. The maximum Gasteiger partial charge on any atom is 0.271 e. The van der Waals surface area contributed by atoms with Crippen molar-refractivity contribution in [3.8, 4) is 0 Å². The fourth-order valence-electron chi connectivity index (χ4n) is 4.80. The van der Waals surface area contributed by atoms with Crippen molar-refractivity contribution in [3.05, 3.63) is 47.9 Å². The first kappa shape index (κ1) is 23.3. The zero-order valence-corrected chi connectivity index (χ0v) is 19.6. The minimum absolute atomic E-state index is 0.0812. The molecule has 1 N–H and O–H groups in total. The smallest absolute Gasteiger partial charge is 0.271 e. The van der Waals surface area contributed by atoms with Crippen molar-refractivity contribution >= 4 is 22.9 Å². The molecule has 2 atom stereocenters. The Morgan fingerprint density at radius 3 is 2.85 bits per heavy atom. The van der Waals surface area contributed by atoms with Crippen LogP contribution in [0.2, 0.25) is 0 Å². The highest BCUT2D eigenvalue weighted by atomic mass is 19.1. The fourth-order valence-corrected chi connectivity index (χ4v) is 4.80. The van der Waals surface area contributed by atoms with E-state index in [4.69, 9.17) is 4.42 Å². The first-order chi connectivity index (χ1) is 16.0. The van der Waals surface area contributed by atoms with Gasteiger partial charge in [-0.1, -0.05) is 57.3 Å². The number of carbonyl (C=O) groups is 2. The van der Waals surface area contributed by atoms with E-state index >= 15 is 0 Å². The number of unbranched alkanes of at least 4 members (excludes halogenated alkanes) is 5. The second-order valence-corrected chi connectivity index (χ2v) is 9.35. The summed E-state index contributed by atoms with van der Waals surface area (Å²) in [5.41, 5.74) is 1.24. The Kier molecular flexibility index (Phi) is 7.05. The first-order valence-corrected chi connectivity index (χ1v) is 12.1. The summed E-state index contributed by atoms with van der Waals surface area (Å²) in [4.78, 5) is 28.6. The van der Waals surface area contributed by atoms with Crippen LogP contribution in [0.1, 0.15) is 69.3 Å². The monoisotopic (exact) mass is 455 g/mol. The average Bonchev–Trinajstić information content (AvgIpc) is 3.39. The second kappa shape index (κ2) is 9.98. The third-order valence-corrected chi connectivity index (χ3v) is 6.89. The lowest BCUT2D eigenvalue weighted by Gasteiger charge is -2.44. The second-order valence-electron chi connectivity index (χ2n) is 9.35. The van der Waals surface area contributed by atoms with Crippen molar-refractivity contribution in [3.63, 3.8) is 0 Å². The summed E-state index contributed by atoms with van der Waals surface area (Å²) >= 11 is 0. The fraction of sp³-hybridized carbons (Fsp3) is 0.538. The third-order valence-electron chi connectivity index (χ3n) is 6.89. The van der Waals surface area contributed by atoms with Crippen LogP contribution in [-0.2, 0) is 11.3 Å². The van der Waals surface area contributed by atoms with Gasteiger partial charge < -0.3 is 19.2 Å². The number of carbonyl (C=O) groups excluding carboxylic acids is 2. The Bertz CT molecular complexity index is 1070. The number of hydrogen-bond donors (Lipinski definition) is 1. The van der Waals surface area contributed by atoms with Crippen LogP contribution < -0.4 is 5.32 Å². The van der Waals surface area contributed by atoms with Crippen LogP contribution in [0.15, 0.2) is 46.6 Å². The van der Waals surface area contributed by atoms with Crippen LogP contribution in [-0.4, -0.2) is 46.1 Å². The van der Waals surface area contributed by atoms with E-state index in [0.29, 0.717) is 29.9 Å². The number of rotatable bonds is 10. The molecule has 0 saturated heterocycles. The Morgan fingerprint density at radius 1 is 1.27 bits per heavy atom. The number of hydrogen-bond acceptors (Lipinski definition) is 3. The average molecular weight is 456 g/mol. The zero-order valence-electron chi connectivity index (χ0n) is 19.6. The minimum atomic E-state index is -1.15. The molecule has 1 aliphatic heterocycles. The minimum Gasteiger partial charge on any atom is -0.463 e. The van der Waals surface area contributed by atoms with Crippen LogP contribution in [0.4, 0.5) is 4.39 Å². The van der Waals surface area contributed by atoms with Crippen molar-refractivity contribution in [2.45, 2.75) is 77.0 Å². The Balaban J connectivity index is 1.55. The molecule has 0 saturated carbocycles. The SMILES string of the molecule is CCCCCCCCNC(=O)C1(C)Cn2c(cc3occc32)C(=O)N1CC1=CC=CCC1F. The molecule has 0 spiro atoms. The van der Waals surface area contributed by atoms with Crippen LogP contribution >= 0.6 is 0 Å². The number of allylic oxidation sites excluding steroid dienone is 3. The molecule has 0 radical (unpaired) electrons. The van der Waals surface area contributed by atoms with E-state index in [2.05, 4.69) is 12.2 Å². The Morgan fingerprint density at radius 2 is 2.06 bits per heavy atom. The van der Waals surface area contributed by atoms with Crippen LogP contribution in [0.3, 0.4) is 0 Å². The molecule has 2 aromatic heterocycles. The van der Waals surface area contributed by atoms with E-state index in [1.807, 2.05) is 16.7 Å². The van der Waals surface area contributed by atoms with Gasteiger partial charge in [-0.2, -0.15) is 0 Å². The molecule has 0 aromatic carbocycles. The molecule has 4 rings (SSSR count). The molecule has 1 aliphatic carbocycles. The molecular formula is C26H34FN3O3. The highest BCUT2D eigenvalue weighted by Gasteiger charge is 2.48. The van der Waals surface area contributed by atoms with E-state index in [-0.39, 0.29) is 24.8 Å². The third kappa shape index (κ3) is 4.63. The van der Waals surface area contributed by atoms with Crippen LogP contribution in [0, 0.1) is 0 Å². The van der Waals surface area contributed by atoms with Crippen molar-refractivity contribution in [1.29, 1.82) is 0 Å². The number of aromatic nitrogens is 1. The summed E-state index contributed by atoms with van der Waals surface area (Å²) in [5.74, 6) is -0.490. The van der Waals surface area contributed by atoms with Gasteiger partial charge in [0.15, 0.2) is 5.58 Å². The molecule has 2 aliphatic rings. The number of nitrogens with one attached hydrogen (secondary N) is 1. The van der Waals surface area contributed by atoms with Gasteiger partial charge >= 0.3 is 0 Å². The van der Waals surface area contributed by atoms with Crippen LogP contribution in [0.25, 0.3) is 11.1 Å². The normalized spacial score (nSPS) is 22.5. The maximum atomic E-state index is 14.6. The number of alkyl halides is 1. The van der Waals surface area contributed by atoms with E-state index in [0.717, 1.165) is 24.8 Å². The lowest BCUT2D eigenvalue weighted by atomic mass is 9.92. The first-order valence-electron chi connectivity index (χ1n) is 12.1. The molecule has 33 heavy (non-hydrogen) atoms. The van der Waals surface area contributed by atoms with Gasteiger partial charge in [0.1, 0.15) is 17.4 Å². The highest BCUT2D eigenvalue weighted by molar-refractivity contribution is 6.03. The number of nitrogens with zero attached hydrogens (tertiary/aromatic N) is 2. The maximum absolute atomic E-state index is 14.6. The molecule has 178 valence electrons. The Hall–Kier alpha value is -2.83. The van der Waals surface area contributed by atoms with E-state index in [1.165, 1.54) is 24.2 Å². The van der Waals surface area contributed by atoms with Crippen molar-refractivity contribution in [1.82, 2.24) is 14.8 Å². The van der Waals surface area contributed by atoms with Crippen molar-refractivity contribution < 1.29 is 18.4 Å². The summed E-state index contributed by atoms with van der Waals surface area (Å²) in [6.45, 7) is 4.91.